The number of nitrogens with zero attached hydrogens (tertiary/aromatic N) is 2. The molecule has 0 atom stereocenters. The molecular weight excluding hydrogens is 222 g/mol. The SMILES string of the molecule is CC(C)N(C)C(=O)c1ccc(C(N)=S)cn1. The number of pyridine rings is 1. The highest BCUT2D eigenvalue weighted by molar-refractivity contribution is 7.80. The predicted molar refractivity (Wildman–Crippen MR) is 67.4 cm³/mol. The van der Waals surface area contributed by atoms with Crippen LogP contribution in [0.5, 0.6) is 0 Å². The Kier molecular flexibility index (Phi) is 3.95. The van der Waals surface area contributed by atoms with E-state index in [1.165, 1.54) is 6.20 Å². The molecule has 0 fully saturated rings. The minimum Gasteiger partial charge on any atom is -0.389 e. The number of hydrogen-bond donors (Lipinski definition) is 1. The third-order valence-corrected chi connectivity index (χ3v) is 2.60. The molecule has 2 N–H and O–H groups in total. The summed E-state index contributed by atoms with van der Waals surface area (Å²) >= 11 is 4.81. The van der Waals surface area contributed by atoms with Crippen LogP contribution in [0.3, 0.4) is 0 Å². The Morgan fingerprint density at radius 3 is 2.50 bits per heavy atom. The number of hydrogen-bond acceptors (Lipinski definition) is 3. The van der Waals surface area contributed by atoms with Crippen LogP contribution in [0.1, 0.15) is 29.9 Å². The molecule has 0 aliphatic rings. The maximum atomic E-state index is 11.9. The van der Waals surface area contributed by atoms with Crippen molar-refractivity contribution in [2.75, 3.05) is 7.05 Å². The molecule has 0 unspecified atom stereocenters. The number of thiocarbonyl (C=S) groups is 1. The largest absolute Gasteiger partial charge is 0.389 e. The topological polar surface area (TPSA) is 59.2 Å². The first-order chi connectivity index (χ1) is 7.43. The van der Waals surface area contributed by atoms with Crippen molar-refractivity contribution in [3.63, 3.8) is 0 Å². The van der Waals surface area contributed by atoms with Crippen LogP contribution in [0, 0.1) is 0 Å². The van der Waals surface area contributed by atoms with Crippen molar-refractivity contribution in [1.82, 2.24) is 9.88 Å². The smallest absolute Gasteiger partial charge is 0.272 e. The zero-order valence-corrected chi connectivity index (χ0v) is 10.4. The Hall–Kier alpha value is -1.49. The summed E-state index contributed by atoms with van der Waals surface area (Å²) in [5.74, 6) is -0.107. The molecule has 1 aromatic heterocycles. The Labute approximate surface area is 100 Å². The first-order valence-electron chi connectivity index (χ1n) is 4.96. The summed E-state index contributed by atoms with van der Waals surface area (Å²) in [7, 11) is 1.75. The summed E-state index contributed by atoms with van der Waals surface area (Å²) in [6.45, 7) is 3.89. The summed E-state index contributed by atoms with van der Waals surface area (Å²) < 4.78 is 0. The van der Waals surface area contributed by atoms with Gasteiger partial charge in [0.1, 0.15) is 10.7 Å². The molecule has 1 amide bonds. The molecule has 0 saturated carbocycles. The molecule has 0 bridgehead atoms. The van der Waals surface area contributed by atoms with E-state index in [-0.39, 0.29) is 16.9 Å². The van der Waals surface area contributed by atoms with E-state index < -0.39 is 0 Å². The van der Waals surface area contributed by atoms with Crippen molar-refractivity contribution in [1.29, 1.82) is 0 Å². The second kappa shape index (κ2) is 5.03. The maximum absolute atomic E-state index is 11.9. The zero-order valence-electron chi connectivity index (χ0n) is 9.60. The summed E-state index contributed by atoms with van der Waals surface area (Å²) in [5.41, 5.74) is 6.51. The first kappa shape index (κ1) is 12.6. The van der Waals surface area contributed by atoms with Gasteiger partial charge in [0.2, 0.25) is 0 Å². The predicted octanol–water partition coefficient (Wildman–Crippen LogP) is 1.20. The van der Waals surface area contributed by atoms with Crippen molar-refractivity contribution in [3.05, 3.63) is 29.6 Å². The fraction of sp³-hybridized carbons (Fsp3) is 0.364. The van der Waals surface area contributed by atoms with E-state index in [0.717, 1.165) is 0 Å². The summed E-state index contributed by atoms with van der Waals surface area (Å²) in [6.07, 6.45) is 1.52. The Balaban J connectivity index is 2.90. The van der Waals surface area contributed by atoms with Crippen LogP contribution in [0.4, 0.5) is 0 Å². The van der Waals surface area contributed by atoms with Crippen molar-refractivity contribution in [2.24, 2.45) is 5.73 Å². The highest BCUT2D eigenvalue weighted by Crippen LogP contribution is 2.05. The van der Waals surface area contributed by atoms with Gasteiger partial charge in [0.15, 0.2) is 0 Å². The van der Waals surface area contributed by atoms with Crippen LogP contribution < -0.4 is 5.73 Å². The minimum atomic E-state index is -0.107. The van der Waals surface area contributed by atoms with Gasteiger partial charge in [-0.1, -0.05) is 12.2 Å². The Morgan fingerprint density at radius 1 is 1.50 bits per heavy atom. The fourth-order valence-electron chi connectivity index (χ4n) is 1.08. The van der Waals surface area contributed by atoms with Gasteiger partial charge in [0.05, 0.1) is 0 Å². The summed E-state index contributed by atoms with van der Waals surface area (Å²) in [6, 6.07) is 3.48. The first-order valence-corrected chi connectivity index (χ1v) is 5.37. The standard InChI is InChI=1S/C11H15N3OS/c1-7(2)14(3)11(15)9-5-4-8(6-13-9)10(12)16/h4-7H,1-3H3,(H2,12,16). The highest BCUT2D eigenvalue weighted by Gasteiger charge is 2.15. The molecule has 5 heteroatoms. The van der Waals surface area contributed by atoms with E-state index >= 15 is 0 Å². The van der Waals surface area contributed by atoms with Crippen molar-refractivity contribution >= 4 is 23.1 Å². The van der Waals surface area contributed by atoms with Crippen LogP contribution in [0.25, 0.3) is 0 Å². The quantitative estimate of drug-likeness (QED) is 0.802. The lowest BCUT2D eigenvalue weighted by Crippen LogP contribution is -2.33. The van der Waals surface area contributed by atoms with Gasteiger partial charge >= 0.3 is 0 Å². The molecule has 0 aliphatic carbocycles. The highest BCUT2D eigenvalue weighted by atomic mass is 32.1. The number of carbonyl (C=O) groups excluding carboxylic acids is 1. The fourth-order valence-corrected chi connectivity index (χ4v) is 1.20. The van der Waals surface area contributed by atoms with E-state index in [2.05, 4.69) is 4.98 Å². The van der Waals surface area contributed by atoms with Crippen molar-refractivity contribution < 1.29 is 4.79 Å². The summed E-state index contributed by atoms with van der Waals surface area (Å²) in [5, 5.41) is 0. The molecule has 0 spiro atoms. The minimum absolute atomic E-state index is 0.107. The van der Waals surface area contributed by atoms with Crippen LogP contribution in [-0.4, -0.2) is 33.9 Å². The molecule has 86 valence electrons. The number of nitrogens with two attached hydrogens (primary N) is 1. The van der Waals surface area contributed by atoms with Gasteiger partial charge < -0.3 is 10.6 Å². The summed E-state index contributed by atoms with van der Waals surface area (Å²) in [4.78, 5) is 17.8. The normalized spacial score (nSPS) is 10.2. The Morgan fingerprint density at radius 2 is 2.12 bits per heavy atom. The van der Waals surface area contributed by atoms with Crippen molar-refractivity contribution in [3.8, 4) is 0 Å². The van der Waals surface area contributed by atoms with E-state index in [1.54, 1.807) is 24.1 Å². The maximum Gasteiger partial charge on any atom is 0.272 e. The molecule has 1 heterocycles. The number of amides is 1. The van der Waals surface area contributed by atoms with Gasteiger partial charge in [-0.05, 0) is 26.0 Å². The molecule has 0 aliphatic heterocycles. The van der Waals surface area contributed by atoms with Crippen molar-refractivity contribution in [2.45, 2.75) is 19.9 Å². The lowest BCUT2D eigenvalue weighted by Gasteiger charge is -2.20. The van der Waals surface area contributed by atoms with Gasteiger partial charge in [0.25, 0.3) is 5.91 Å². The molecule has 4 nitrogen and oxygen atoms in total. The molecule has 0 saturated heterocycles. The lowest BCUT2D eigenvalue weighted by molar-refractivity contribution is 0.0749. The van der Waals surface area contributed by atoms with E-state index in [4.69, 9.17) is 18.0 Å². The molecule has 0 radical (unpaired) electrons. The number of rotatable bonds is 3. The van der Waals surface area contributed by atoms with Crippen LogP contribution >= 0.6 is 12.2 Å². The van der Waals surface area contributed by atoms with Gasteiger partial charge in [-0.25, -0.2) is 0 Å². The third kappa shape index (κ3) is 2.76. The Bertz CT molecular complexity index is 400. The third-order valence-electron chi connectivity index (χ3n) is 2.36. The molecule has 1 aromatic rings. The molecule has 1 rings (SSSR count). The van der Waals surface area contributed by atoms with E-state index in [0.29, 0.717) is 11.3 Å². The van der Waals surface area contributed by atoms with Crippen LogP contribution in [-0.2, 0) is 0 Å². The zero-order chi connectivity index (χ0) is 12.3. The second-order valence-electron chi connectivity index (χ2n) is 3.81. The van der Waals surface area contributed by atoms with Gasteiger partial charge in [0, 0.05) is 24.8 Å². The number of carbonyl (C=O) groups is 1. The van der Waals surface area contributed by atoms with Crippen LogP contribution in [0.2, 0.25) is 0 Å². The van der Waals surface area contributed by atoms with Gasteiger partial charge in [-0.3, -0.25) is 9.78 Å². The van der Waals surface area contributed by atoms with E-state index in [1.807, 2.05) is 13.8 Å². The second-order valence-corrected chi connectivity index (χ2v) is 4.25. The molecule has 0 aromatic carbocycles. The van der Waals surface area contributed by atoms with E-state index in [9.17, 15) is 4.79 Å². The van der Waals surface area contributed by atoms with Gasteiger partial charge in [-0.15, -0.1) is 0 Å². The molecule has 16 heavy (non-hydrogen) atoms. The average molecular weight is 237 g/mol. The monoisotopic (exact) mass is 237 g/mol. The lowest BCUT2D eigenvalue weighted by atomic mass is 10.2. The van der Waals surface area contributed by atoms with Gasteiger partial charge in [-0.2, -0.15) is 0 Å². The van der Waals surface area contributed by atoms with Crippen LogP contribution in [0.15, 0.2) is 18.3 Å². The average Bonchev–Trinajstić information content (AvgIpc) is 2.27. The number of aromatic nitrogens is 1. The molecular formula is C11H15N3OS.